The zero-order chi connectivity index (χ0) is 23.8. The average molecular weight is 455 g/mol. The molecule has 8 nitrogen and oxygen atoms in total. The highest BCUT2D eigenvalue weighted by Gasteiger charge is 2.36. The maximum absolute atomic E-state index is 12.8. The minimum absolute atomic E-state index is 0.0694. The van der Waals surface area contributed by atoms with E-state index >= 15 is 0 Å². The van der Waals surface area contributed by atoms with Gasteiger partial charge < -0.3 is 16.0 Å². The molecule has 12 heteroatoms. The summed E-state index contributed by atoms with van der Waals surface area (Å²) in [7, 11) is 0. The smallest absolute Gasteiger partial charge is 0.356 e. The van der Waals surface area contributed by atoms with Gasteiger partial charge in [0.25, 0.3) is 0 Å². The van der Waals surface area contributed by atoms with Gasteiger partial charge in [0.1, 0.15) is 19.3 Å². The second-order valence-electron chi connectivity index (χ2n) is 8.02. The molecule has 0 aromatic rings. The summed E-state index contributed by atoms with van der Waals surface area (Å²) in [6, 6.07) is -2.55. The fourth-order valence-electron chi connectivity index (χ4n) is 3.04. The van der Waals surface area contributed by atoms with Crippen molar-refractivity contribution in [2.24, 2.45) is 17.8 Å². The quantitative estimate of drug-likeness (QED) is 0.383. The van der Waals surface area contributed by atoms with Crippen molar-refractivity contribution in [3.8, 4) is 0 Å². The van der Waals surface area contributed by atoms with Gasteiger partial charge in [0.15, 0.2) is 5.78 Å². The lowest BCUT2D eigenvalue weighted by atomic mass is 9.95. The number of hydrogen-bond donors (Lipinski definition) is 3. The van der Waals surface area contributed by atoms with Crippen LogP contribution in [0.3, 0.4) is 0 Å². The summed E-state index contributed by atoms with van der Waals surface area (Å²) in [6.07, 6.45) is -4.73. The SMILES string of the molecule is CC(C)C[C@H](NC(=O)[C@H](C)CF)C(=O)N[C@@H](C[C@@H]1CCNC1=O)C(=O)COC(F)(F)F. The largest absolute Gasteiger partial charge is 0.522 e. The van der Waals surface area contributed by atoms with Crippen molar-refractivity contribution in [3.63, 3.8) is 0 Å². The molecule has 0 spiro atoms. The average Bonchev–Trinajstić information content (AvgIpc) is 3.07. The van der Waals surface area contributed by atoms with Gasteiger partial charge in [-0.1, -0.05) is 20.8 Å². The lowest BCUT2D eigenvalue weighted by Crippen LogP contribution is -2.54. The first kappa shape index (κ1) is 26.8. The van der Waals surface area contributed by atoms with Gasteiger partial charge in [-0.05, 0) is 25.2 Å². The number of ketones is 1. The van der Waals surface area contributed by atoms with Gasteiger partial charge in [-0.2, -0.15) is 0 Å². The molecule has 0 aromatic carbocycles. The van der Waals surface area contributed by atoms with E-state index in [-0.39, 0.29) is 24.7 Å². The van der Waals surface area contributed by atoms with Crippen LogP contribution in [0.2, 0.25) is 0 Å². The highest BCUT2D eigenvalue weighted by Crippen LogP contribution is 2.20. The molecule has 31 heavy (non-hydrogen) atoms. The molecule has 1 heterocycles. The van der Waals surface area contributed by atoms with Crippen molar-refractivity contribution in [1.82, 2.24) is 16.0 Å². The number of alkyl halides is 4. The third-order valence-corrected chi connectivity index (χ3v) is 4.79. The molecule has 1 rings (SSSR count). The summed E-state index contributed by atoms with van der Waals surface area (Å²) in [5.41, 5.74) is 0. The summed E-state index contributed by atoms with van der Waals surface area (Å²) in [6.45, 7) is 2.96. The van der Waals surface area contributed by atoms with Crippen LogP contribution in [0.5, 0.6) is 0 Å². The molecule has 1 fully saturated rings. The van der Waals surface area contributed by atoms with E-state index in [9.17, 15) is 36.7 Å². The van der Waals surface area contributed by atoms with Crippen molar-refractivity contribution in [1.29, 1.82) is 0 Å². The van der Waals surface area contributed by atoms with Gasteiger partial charge in [0.05, 0.1) is 12.0 Å². The molecule has 4 atom stereocenters. The van der Waals surface area contributed by atoms with Gasteiger partial charge in [0, 0.05) is 12.5 Å². The van der Waals surface area contributed by atoms with E-state index in [0.717, 1.165) is 0 Å². The number of hydrogen-bond acceptors (Lipinski definition) is 5. The summed E-state index contributed by atoms with van der Waals surface area (Å²) < 4.78 is 53.3. The van der Waals surface area contributed by atoms with Crippen molar-refractivity contribution < 1.29 is 41.5 Å². The molecule has 0 aliphatic carbocycles. The molecule has 3 N–H and O–H groups in total. The summed E-state index contributed by atoms with van der Waals surface area (Å²) >= 11 is 0. The molecule has 1 aliphatic rings. The Hall–Kier alpha value is -2.24. The van der Waals surface area contributed by atoms with E-state index < -0.39 is 61.2 Å². The van der Waals surface area contributed by atoms with Crippen LogP contribution in [0.1, 0.15) is 40.0 Å². The summed E-state index contributed by atoms with van der Waals surface area (Å²) in [5.74, 6) is -4.67. The Morgan fingerprint density at radius 2 is 1.74 bits per heavy atom. The van der Waals surface area contributed by atoms with E-state index in [0.29, 0.717) is 13.0 Å². The van der Waals surface area contributed by atoms with Crippen LogP contribution in [0, 0.1) is 17.8 Å². The Balaban J connectivity index is 2.95. The molecular formula is C19H29F4N3O5. The second-order valence-corrected chi connectivity index (χ2v) is 8.02. The first-order valence-electron chi connectivity index (χ1n) is 10.0. The predicted molar refractivity (Wildman–Crippen MR) is 101 cm³/mol. The number of rotatable bonds is 12. The molecule has 0 unspecified atom stereocenters. The topological polar surface area (TPSA) is 114 Å². The molecule has 3 amide bonds. The molecular weight excluding hydrogens is 426 g/mol. The number of amides is 3. The van der Waals surface area contributed by atoms with Gasteiger partial charge in [-0.15, -0.1) is 13.2 Å². The Labute approximate surface area is 177 Å². The van der Waals surface area contributed by atoms with Crippen LogP contribution in [0.4, 0.5) is 17.6 Å². The summed E-state index contributed by atoms with van der Waals surface area (Å²) in [5, 5.41) is 7.30. The Morgan fingerprint density at radius 3 is 2.23 bits per heavy atom. The third kappa shape index (κ3) is 9.62. The lowest BCUT2D eigenvalue weighted by molar-refractivity contribution is -0.321. The van der Waals surface area contributed by atoms with E-state index in [1.165, 1.54) is 6.92 Å². The van der Waals surface area contributed by atoms with E-state index in [2.05, 4.69) is 20.7 Å². The molecule has 0 aromatic heterocycles. The Bertz CT molecular complexity index is 657. The number of carbonyl (C=O) groups is 4. The molecule has 178 valence electrons. The van der Waals surface area contributed by atoms with Gasteiger partial charge in [0.2, 0.25) is 17.7 Å². The molecule has 1 aliphatic heterocycles. The molecule has 0 saturated carbocycles. The summed E-state index contributed by atoms with van der Waals surface area (Å²) in [4.78, 5) is 49.0. The van der Waals surface area contributed by atoms with Crippen molar-refractivity contribution in [2.75, 3.05) is 19.8 Å². The first-order valence-corrected chi connectivity index (χ1v) is 10.0. The van der Waals surface area contributed by atoms with Gasteiger partial charge >= 0.3 is 6.36 Å². The predicted octanol–water partition coefficient (Wildman–Crippen LogP) is 1.24. The van der Waals surface area contributed by atoms with Crippen LogP contribution in [0.25, 0.3) is 0 Å². The zero-order valence-electron chi connectivity index (χ0n) is 17.7. The molecule has 1 saturated heterocycles. The number of halogens is 4. The lowest BCUT2D eigenvalue weighted by Gasteiger charge is -2.25. The van der Waals surface area contributed by atoms with Crippen LogP contribution in [-0.2, 0) is 23.9 Å². The fraction of sp³-hybridized carbons (Fsp3) is 0.789. The van der Waals surface area contributed by atoms with E-state index in [1.54, 1.807) is 13.8 Å². The van der Waals surface area contributed by atoms with E-state index in [1.807, 2.05) is 0 Å². The number of Topliss-reactive ketones (excluding diaryl/α,β-unsaturated/α-hetero) is 1. The molecule has 0 bridgehead atoms. The standard InChI is InChI=1S/C19H29F4N3O5/c1-10(2)6-14(26-16(28)11(3)8-20)18(30)25-13(7-12-4-5-24-17(12)29)15(27)9-31-19(21,22)23/h10-14H,4-9H2,1-3H3,(H,24,29)(H,25,30)(H,26,28)/t11-,12+,13+,14+/m1/s1. The number of ether oxygens (including phenoxy) is 1. The number of nitrogens with one attached hydrogen (secondary N) is 3. The Kier molecular flexibility index (Phi) is 10.3. The van der Waals surface area contributed by atoms with Crippen molar-refractivity contribution in [3.05, 3.63) is 0 Å². The molecule has 0 radical (unpaired) electrons. The fourth-order valence-corrected chi connectivity index (χ4v) is 3.04. The maximum Gasteiger partial charge on any atom is 0.522 e. The number of carbonyl (C=O) groups excluding carboxylic acids is 4. The third-order valence-electron chi connectivity index (χ3n) is 4.79. The minimum atomic E-state index is -5.04. The minimum Gasteiger partial charge on any atom is -0.356 e. The second kappa shape index (κ2) is 12.0. The van der Waals surface area contributed by atoms with Gasteiger partial charge in [-0.25, -0.2) is 0 Å². The Morgan fingerprint density at radius 1 is 1.13 bits per heavy atom. The first-order chi connectivity index (χ1) is 14.3. The highest BCUT2D eigenvalue weighted by atomic mass is 19.4. The van der Waals surface area contributed by atoms with Crippen LogP contribution < -0.4 is 16.0 Å². The van der Waals surface area contributed by atoms with Gasteiger partial charge in [-0.3, -0.25) is 28.3 Å². The van der Waals surface area contributed by atoms with Crippen LogP contribution >= 0.6 is 0 Å². The van der Waals surface area contributed by atoms with Crippen LogP contribution in [0.15, 0.2) is 0 Å². The monoisotopic (exact) mass is 455 g/mol. The zero-order valence-corrected chi connectivity index (χ0v) is 17.7. The van der Waals surface area contributed by atoms with Crippen molar-refractivity contribution in [2.45, 2.75) is 58.5 Å². The normalized spacial score (nSPS) is 19.5. The maximum atomic E-state index is 12.8. The van der Waals surface area contributed by atoms with Crippen LogP contribution in [-0.4, -0.2) is 61.8 Å². The highest BCUT2D eigenvalue weighted by molar-refractivity contribution is 5.94. The van der Waals surface area contributed by atoms with E-state index in [4.69, 9.17) is 0 Å². The van der Waals surface area contributed by atoms with Crippen molar-refractivity contribution >= 4 is 23.5 Å².